The number of aromatic nitrogens is 2. The average molecular weight is 308 g/mol. The van der Waals surface area contributed by atoms with Crippen molar-refractivity contribution in [2.75, 3.05) is 37.0 Å². The summed E-state index contributed by atoms with van der Waals surface area (Å²) in [4.78, 5) is 12.0. The van der Waals surface area contributed by atoms with E-state index >= 15 is 0 Å². The SMILES string of the molecule is CCCNc1cc(CC(C)C)nc(C2CSCCN2C)n1. The average Bonchev–Trinajstić information content (AvgIpc) is 2.44. The number of nitrogens with one attached hydrogen (secondary N) is 1. The zero-order valence-corrected chi connectivity index (χ0v) is 14.5. The minimum absolute atomic E-state index is 0.345. The minimum Gasteiger partial charge on any atom is -0.370 e. The Kier molecular flexibility index (Phi) is 6.30. The molecular weight excluding hydrogens is 280 g/mol. The summed E-state index contributed by atoms with van der Waals surface area (Å²) in [5.74, 6) is 4.89. The summed E-state index contributed by atoms with van der Waals surface area (Å²) in [5.41, 5.74) is 1.16. The van der Waals surface area contributed by atoms with Crippen molar-refractivity contribution in [2.24, 2.45) is 5.92 Å². The highest BCUT2D eigenvalue weighted by molar-refractivity contribution is 7.99. The molecule has 0 saturated carbocycles. The molecule has 1 fully saturated rings. The molecule has 1 unspecified atom stereocenters. The predicted molar refractivity (Wildman–Crippen MR) is 92.1 cm³/mol. The van der Waals surface area contributed by atoms with E-state index in [4.69, 9.17) is 9.97 Å². The van der Waals surface area contributed by atoms with Gasteiger partial charge in [0.2, 0.25) is 0 Å². The Hall–Kier alpha value is -0.810. The summed E-state index contributed by atoms with van der Waals surface area (Å²) < 4.78 is 0. The Bertz CT molecular complexity index is 450. The van der Waals surface area contributed by atoms with Gasteiger partial charge in [0, 0.05) is 36.4 Å². The second-order valence-corrected chi connectivity index (χ2v) is 7.35. The first-order chi connectivity index (χ1) is 10.1. The van der Waals surface area contributed by atoms with Crippen LogP contribution in [0.15, 0.2) is 6.07 Å². The second-order valence-electron chi connectivity index (χ2n) is 6.20. The van der Waals surface area contributed by atoms with Gasteiger partial charge in [0.05, 0.1) is 6.04 Å². The van der Waals surface area contributed by atoms with E-state index in [-0.39, 0.29) is 0 Å². The number of rotatable bonds is 6. The zero-order chi connectivity index (χ0) is 15.2. The molecule has 1 aliphatic heterocycles. The molecule has 2 heterocycles. The second kappa shape index (κ2) is 7.99. The van der Waals surface area contributed by atoms with Crippen molar-refractivity contribution in [1.82, 2.24) is 14.9 Å². The molecule has 1 aliphatic rings. The normalized spacial score (nSPS) is 20.0. The van der Waals surface area contributed by atoms with Gasteiger partial charge in [-0.1, -0.05) is 20.8 Å². The minimum atomic E-state index is 0.345. The fraction of sp³-hybridized carbons (Fsp3) is 0.750. The van der Waals surface area contributed by atoms with Crippen LogP contribution in [0.1, 0.15) is 44.8 Å². The van der Waals surface area contributed by atoms with Crippen molar-refractivity contribution < 1.29 is 0 Å². The lowest BCUT2D eigenvalue weighted by Gasteiger charge is -2.31. The maximum atomic E-state index is 4.85. The van der Waals surface area contributed by atoms with E-state index in [0.29, 0.717) is 12.0 Å². The van der Waals surface area contributed by atoms with Gasteiger partial charge in [-0.15, -0.1) is 0 Å². The maximum Gasteiger partial charge on any atom is 0.148 e. The van der Waals surface area contributed by atoms with Crippen LogP contribution in [0.2, 0.25) is 0 Å². The van der Waals surface area contributed by atoms with Gasteiger partial charge in [-0.05, 0) is 25.8 Å². The first kappa shape index (κ1) is 16.6. The van der Waals surface area contributed by atoms with E-state index in [0.717, 1.165) is 49.0 Å². The van der Waals surface area contributed by atoms with Crippen molar-refractivity contribution in [1.29, 1.82) is 0 Å². The Labute approximate surface area is 133 Å². The largest absolute Gasteiger partial charge is 0.370 e. The van der Waals surface area contributed by atoms with E-state index in [1.807, 2.05) is 11.8 Å². The van der Waals surface area contributed by atoms with Crippen LogP contribution in [0, 0.1) is 5.92 Å². The van der Waals surface area contributed by atoms with Crippen LogP contribution in [0.3, 0.4) is 0 Å². The molecular formula is C16H28N4S. The molecule has 4 nitrogen and oxygen atoms in total. The predicted octanol–water partition coefficient (Wildman–Crippen LogP) is 3.22. The highest BCUT2D eigenvalue weighted by Gasteiger charge is 2.24. The van der Waals surface area contributed by atoms with E-state index < -0.39 is 0 Å². The fourth-order valence-corrected chi connectivity index (χ4v) is 3.70. The van der Waals surface area contributed by atoms with Crippen LogP contribution >= 0.6 is 11.8 Å². The van der Waals surface area contributed by atoms with Crippen LogP contribution in [0.25, 0.3) is 0 Å². The van der Waals surface area contributed by atoms with Crippen molar-refractivity contribution in [3.05, 3.63) is 17.6 Å². The van der Waals surface area contributed by atoms with Crippen LogP contribution in [0.5, 0.6) is 0 Å². The first-order valence-corrected chi connectivity index (χ1v) is 9.15. The highest BCUT2D eigenvalue weighted by Crippen LogP contribution is 2.27. The summed E-state index contributed by atoms with van der Waals surface area (Å²) in [7, 11) is 2.18. The Morgan fingerprint density at radius 1 is 1.43 bits per heavy atom. The number of thioether (sulfide) groups is 1. The van der Waals surface area contributed by atoms with Crippen LogP contribution < -0.4 is 5.32 Å². The molecule has 5 heteroatoms. The van der Waals surface area contributed by atoms with Gasteiger partial charge >= 0.3 is 0 Å². The van der Waals surface area contributed by atoms with E-state index in [1.54, 1.807) is 0 Å². The molecule has 0 aromatic carbocycles. The van der Waals surface area contributed by atoms with E-state index in [2.05, 4.69) is 44.1 Å². The molecule has 0 radical (unpaired) electrons. The molecule has 1 aromatic heterocycles. The number of hydrogen-bond acceptors (Lipinski definition) is 5. The Balaban J connectivity index is 2.24. The van der Waals surface area contributed by atoms with Crippen molar-refractivity contribution >= 4 is 17.6 Å². The van der Waals surface area contributed by atoms with Crippen molar-refractivity contribution in [2.45, 2.75) is 39.7 Å². The summed E-state index contributed by atoms with van der Waals surface area (Å²) in [6.07, 6.45) is 2.12. The Morgan fingerprint density at radius 2 is 2.24 bits per heavy atom. The lowest BCUT2D eigenvalue weighted by Crippen LogP contribution is -2.34. The molecule has 1 saturated heterocycles. The number of nitrogens with zero attached hydrogens (tertiary/aromatic N) is 3. The summed E-state index contributed by atoms with van der Waals surface area (Å²) in [6.45, 7) is 8.74. The lowest BCUT2D eigenvalue weighted by molar-refractivity contribution is 0.264. The quantitative estimate of drug-likeness (QED) is 0.874. The van der Waals surface area contributed by atoms with Crippen LogP contribution in [-0.4, -0.2) is 46.5 Å². The topological polar surface area (TPSA) is 41.1 Å². The van der Waals surface area contributed by atoms with Crippen LogP contribution in [-0.2, 0) is 6.42 Å². The van der Waals surface area contributed by atoms with Crippen molar-refractivity contribution in [3.63, 3.8) is 0 Å². The van der Waals surface area contributed by atoms with Gasteiger partial charge in [0.15, 0.2) is 0 Å². The van der Waals surface area contributed by atoms with Gasteiger partial charge in [-0.25, -0.2) is 9.97 Å². The summed E-state index contributed by atoms with van der Waals surface area (Å²) in [6, 6.07) is 2.47. The standard InChI is InChI=1S/C16H28N4S/c1-5-6-17-15-10-13(9-12(2)3)18-16(19-15)14-11-21-8-7-20(14)4/h10,12,14H,5-9,11H2,1-4H3,(H,17,18,19). The molecule has 1 N–H and O–H groups in total. The molecule has 1 atom stereocenters. The third-order valence-corrected chi connectivity index (χ3v) is 4.69. The maximum absolute atomic E-state index is 4.85. The van der Waals surface area contributed by atoms with Gasteiger partial charge in [-0.3, -0.25) is 4.90 Å². The molecule has 0 bridgehead atoms. The first-order valence-electron chi connectivity index (χ1n) is 7.99. The third kappa shape index (κ3) is 4.85. The monoisotopic (exact) mass is 308 g/mol. The fourth-order valence-electron chi connectivity index (χ4n) is 2.49. The molecule has 0 amide bonds. The van der Waals surface area contributed by atoms with Crippen molar-refractivity contribution in [3.8, 4) is 0 Å². The lowest BCUT2D eigenvalue weighted by atomic mass is 10.1. The number of hydrogen-bond donors (Lipinski definition) is 1. The van der Waals surface area contributed by atoms with E-state index in [1.165, 1.54) is 5.75 Å². The Morgan fingerprint density at radius 3 is 2.90 bits per heavy atom. The smallest absolute Gasteiger partial charge is 0.148 e. The molecule has 118 valence electrons. The molecule has 1 aromatic rings. The zero-order valence-electron chi connectivity index (χ0n) is 13.7. The van der Waals surface area contributed by atoms with Gasteiger partial charge in [-0.2, -0.15) is 11.8 Å². The highest BCUT2D eigenvalue weighted by atomic mass is 32.2. The van der Waals surface area contributed by atoms with Gasteiger partial charge in [0.1, 0.15) is 11.6 Å². The molecule has 2 rings (SSSR count). The molecule has 0 aliphatic carbocycles. The third-order valence-electron chi connectivity index (χ3n) is 3.66. The number of anilines is 1. The van der Waals surface area contributed by atoms with Gasteiger partial charge in [0.25, 0.3) is 0 Å². The summed E-state index contributed by atoms with van der Waals surface area (Å²) >= 11 is 2.00. The summed E-state index contributed by atoms with van der Waals surface area (Å²) in [5, 5.41) is 3.43. The molecule has 0 spiro atoms. The van der Waals surface area contributed by atoms with E-state index in [9.17, 15) is 0 Å². The van der Waals surface area contributed by atoms with Crippen LogP contribution in [0.4, 0.5) is 5.82 Å². The molecule has 21 heavy (non-hydrogen) atoms. The van der Waals surface area contributed by atoms with Gasteiger partial charge < -0.3 is 5.32 Å².